The lowest BCUT2D eigenvalue weighted by atomic mass is 9.95. The molecular formula is C16H19Cl2N. The average Bonchev–Trinajstić information content (AvgIpc) is 2.39. The van der Waals surface area contributed by atoms with E-state index >= 15 is 0 Å². The van der Waals surface area contributed by atoms with Crippen LogP contribution in [0.2, 0.25) is 10.0 Å². The van der Waals surface area contributed by atoms with Gasteiger partial charge in [-0.3, -0.25) is 4.98 Å². The van der Waals surface area contributed by atoms with Crippen LogP contribution < -0.4 is 0 Å². The van der Waals surface area contributed by atoms with Crippen molar-refractivity contribution in [3.63, 3.8) is 0 Å². The van der Waals surface area contributed by atoms with Crippen molar-refractivity contribution in [2.24, 2.45) is 0 Å². The topological polar surface area (TPSA) is 12.9 Å². The van der Waals surface area contributed by atoms with Crippen LogP contribution in [0.5, 0.6) is 0 Å². The molecule has 2 rings (SSSR count). The molecule has 102 valence electrons. The molecule has 2 aromatic rings. The minimum absolute atomic E-state index is 0.487. The minimum Gasteiger partial charge on any atom is -0.252 e. The van der Waals surface area contributed by atoms with Gasteiger partial charge in [0.15, 0.2) is 0 Å². The molecule has 0 spiro atoms. The molecule has 0 radical (unpaired) electrons. The van der Waals surface area contributed by atoms with E-state index in [1.54, 1.807) is 0 Å². The molecule has 0 amide bonds. The monoisotopic (exact) mass is 295 g/mol. The van der Waals surface area contributed by atoms with Crippen LogP contribution >= 0.6 is 23.2 Å². The van der Waals surface area contributed by atoms with Crippen LogP contribution in [0, 0.1) is 0 Å². The normalized spacial score (nSPS) is 12.8. The highest BCUT2D eigenvalue weighted by Gasteiger charge is 2.13. The number of hydrogen-bond donors (Lipinski definition) is 0. The molecule has 0 N–H and O–H groups in total. The van der Waals surface area contributed by atoms with Gasteiger partial charge in [0, 0.05) is 22.0 Å². The molecule has 0 saturated heterocycles. The number of rotatable bonds is 5. The van der Waals surface area contributed by atoms with E-state index in [9.17, 15) is 0 Å². The van der Waals surface area contributed by atoms with Gasteiger partial charge in [0.25, 0.3) is 0 Å². The van der Waals surface area contributed by atoms with Crippen molar-refractivity contribution < 1.29 is 0 Å². The molecule has 1 heterocycles. The number of fused-ring (bicyclic) bond motifs is 1. The standard InChI is InChI=1S/C16H19Cl2N/c1-3-5-6-11(4-2)15-10-14(18)13-8-7-12(17)9-16(13)19-15/h7-11H,3-6H2,1-2H3. The van der Waals surface area contributed by atoms with Crippen LogP contribution in [0.15, 0.2) is 24.3 Å². The van der Waals surface area contributed by atoms with Crippen LogP contribution in [0.3, 0.4) is 0 Å². The molecular weight excluding hydrogens is 277 g/mol. The van der Waals surface area contributed by atoms with Gasteiger partial charge in [-0.1, -0.05) is 49.9 Å². The maximum Gasteiger partial charge on any atom is 0.0735 e. The summed E-state index contributed by atoms with van der Waals surface area (Å²) >= 11 is 12.4. The number of pyridine rings is 1. The molecule has 1 unspecified atom stereocenters. The lowest BCUT2D eigenvalue weighted by molar-refractivity contribution is 0.559. The number of unbranched alkanes of at least 4 members (excludes halogenated alkanes) is 1. The Kier molecular flexibility index (Phi) is 5.06. The van der Waals surface area contributed by atoms with Gasteiger partial charge >= 0.3 is 0 Å². The van der Waals surface area contributed by atoms with Crippen molar-refractivity contribution in [3.05, 3.63) is 40.0 Å². The van der Waals surface area contributed by atoms with Gasteiger partial charge in [0.2, 0.25) is 0 Å². The Morgan fingerprint density at radius 1 is 1.16 bits per heavy atom. The van der Waals surface area contributed by atoms with Crippen molar-refractivity contribution >= 4 is 34.1 Å². The Hall–Kier alpha value is -0.790. The van der Waals surface area contributed by atoms with E-state index in [2.05, 4.69) is 13.8 Å². The summed E-state index contributed by atoms with van der Waals surface area (Å²) in [7, 11) is 0. The molecule has 0 aliphatic rings. The maximum absolute atomic E-state index is 6.37. The van der Waals surface area contributed by atoms with E-state index in [0.717, 1.165) is 28.0 Å². The number of aromatic nitrogens is 1. The summed E-state index contributed by atoms with van der Waals surface area (Å²) in [5.74, 6) is 0.487. The predicted molar refractivity (Wildman–Crippen MR) is 84.3 cm³/mol. The quantitative estimate of drug-likeness (QED) is 0.637. The van der Waals surface area contributed by atoms with Gasteiger partial charge in [0.1, 0.15) is 0 Å². The highest BCUT2D eigenvalue weighted by molar-refractivity contribution is 6.36. The van der Waals surface area contributed by atoms with Gasteiger partial charge in [0.05, 0.1) is 10.5 Å². The first kappa shape index (κ1) is 14.6. The second-order valence-corrected chi connectivity index (χ2v) is 5.78. The summed E-state index contributed by atoms with van der Waals surface area (Å²) in [5, 5.41) is 2.45. The Bertz CT molecular complexity index is 566. The molecule has 1 atom stereocenters. The molecule has 1 aromatic heterocycles. The fraction of sp³-hybridized carbons (Fsp3) is 0.438. The first-order valence-electron chi connectivity index (χ1n) is 6.91. The van der Waals surface area contributed by atoms with Gasteiger partial charge in [-0.05, 0) is 37.1 Å². The highest BCUT2D eigenvalue weighted by Crippen LogP contribution is 2.31. The summed E-state index contributed by atoms with van der Waals surface area (Å²) in [6.45, 7) is 4.42. The summed E-state index contributed by atoms with van der Waals surface area (Å²) < 4.78 is 0. The fourth-order valence-corrected chi connectivity index (χ4v) is 2.84. The van der Waals surface area contributed by atoms with Crippen LogP contribution in [0.4, 0.5) is 0 Å². The Morgan fingerprint density at radius 3 is 2.63 bits per heavy atom. The van der Waals surface area contributed by atoms with E-state index in [-0.39, 0.29) is 0 Å². The van der Waals surface area contributed by atoms with Gasteiger partial charge in [-0.25, -0.2) is 0 Å². The van der Waals surface area contributed by atoms with Crippen LogP contribution in [0.1, 0.15) is 51.1 Å². The molecule has 3 heteroatoms. The van der Waals surface area contributed by atoms with Crippen LogP contribution in [0.25, 0.3) is 10.9 Å². The van der Waals surface area contributed by atoms with E-state index < -0.39 is 0 Å². The van der Waals surface area contributed by atoms with E-state index in [4.69, 9.17) is 28.2 Å². The van der Waals surface area contributed by atoms with Crippen molar-refractivity contribution in [3.8, 4) is 0 Å². The fourth-order valence-electron chi connectivity index (χ4n) is 2.40. The Labute approximate surface area is 124 Å². The summed E-state index contributed by atoms with van der Waals surface area (Å²) in [4.78, 5) is 4.75. The molecule has 1 nitrogen and oxygen atoms in total. The summed E-state index contributed by atoms with van der Waals surface area (Å²) in [6.07, 6.45) is 4.70. The van der Waals surface area contributed by atoms with Gasteiger partial charge in [-0.2, -0.15) is 0 Å². The van der Waals surface area contributed by atoms with E-state index in [0.29, 0.717) is 10.9 Å². The second-order valence-electron chi connectivity index (χ2n) is 4.94. The molecule has 1 aromatic carbocycles. The van der Waals surface area contributed by atoms with Crippen molar-refractivity contribution in [1.82, 2.24) is 4.98 Å². The predicted octanol–water partition coefficient (Wildman–Crippen LogP) is 6.23. The number of nitrogens with zero attached hydrogens (tertiary/aromatic N) is 1. The minimum atomic E-state index is 0.487. The SMILES string of the molecule is CCCCC(CC)c1cc(Cl)c2ccc(Cl)cc2n1. The first-order chi connectivity index (χ1) is 9.15. The Balaban J connectivity index is 2.43. The third kappa shape index (κ3) is 3.40. The zero-order chi connectivity index (χ0) is 13.8. The number of halogens is 2. The van der Waals surface area contributed by atoms with Crippen molar-refractivity contribution in [2.45, 2.75) is 45.4 Å². The van der Waals surface area contributed by atoms with Crippen molar-refractivity contribution in [2.75, 3.05) is 0 Å². The molecule has 0 saturated carbocycles. The summed E-state index contributed by atoms with van der Waals surface area (Å²) in [5.41, 5.74) is 1.99. The molecule has 0 aliphatic carbocycles. The van der Waals surface area contributed by atoms with Gasteiger partial charge in [-0.15, -0.1) is 0 Å². The van der Waals surface area contributed by atoms with E-state index in [1.807, 2.05) is 24.3 Å². The van der Waals surface area contributed by atoms with Crippen molar-refractivity contribution in [1.29, 1.82) is 0 Å². The lowest BCUT2D eigenvalue weighted by Crippen LogP contribution is -2.01. The number of benzene rings is 1. The first-order valence-corrected chi connectivity index (χ1v) is 7.67. The largest absolute Gasteiger partial charge is 0.252 e. The zero-order valence-electron chi connectivity index (χ0n) is 11.4. The Morgan fingerprint density at radius 2 is 1.95 bits per heavy atom. The number of hydrogen-bond acceptors (Lipinski definition) is 1. The van der Waals surface area contributed by atoms with E-state index in [1.165, 1.54) is 19.3 Å². The molecule has 0 fully saturated rings. The lowest BCUT2D eigenvalue weighted by Gasteiger charge is -2.15. The zero-order valence-corrected chi connectivity index (χ0v) is 12.9. The average molecular weight is 296 g/mol. The third-order valence-electron chi connectivity index (χ3n) is 3.56. The van der Waals surface area contributed by atoms with Crippen LogP contribution in [-0.2, 0) is 0 Å². The third-order valence-corrected chi connectivity index (χ3v) is 4.11. The second kappa shape index (κ2) is 6.58. The molecule has 0 bridgehead atoms. The summed E-state index contributed by atoms with van der Waals surface area (Å²) in [6, 6.07) is 7.69. The smallest absolute Gasteiger partial charge is 0.0735 e. The highest BCUT2D eigenvalue weighted by atomic mass is 35.5. The van der Waals surface area contributed by atoms with Gasteiger partial charge < -0.3 is 0 Å². The molecule has 0 aliphatic heterocycles. The molecule has 19 heavy (non-hydrogen) atoms. The maximum atomic E-state index is 6.37. The van der Waals surface area contributed by atoms with Crippen LogP contribution in [-0.4, -0.2) is 4.98 Å².